The summed E-state index contributed by atoms with van der Waals surface area (Å²) >= 11 is 1.71. The average molecular weight is 394 g/mol. The van der Waals surface area contributed by atoms with Crippen LogP contribution in [0.3, 0.4) is 0 Å². The second kappa shape index (κ2) is 6.71. The third-order valence-corrected chi connectivity index (χ3v) is 6.66. The molecule has 0 aliphatic carbocycles. The van der Waals surface area contributed by atoms with Crippen molar-refractivity contribution in [3.8, 4) is 0 Å². The van der Waals surface area contributed by atoms with Crippen LogP contribution in [0.1, 0.15) is 39.9 Å². The molecule has 1 saturated heterocycles. The molecular formula is C22H19FN2O2S. The molecule has 0 radical (unpaired) electrons. The Bertz CT molecular complexity index is 1160. The lowest BCUT2D eigenvalue weighted by molar-refractivity contribution is 0.0676. The van der Waals surface area contributed by atoms with E-state index in [9.17, 15) is 9.18 Å². The van der Waals surface area contributed by atoms with Crippen molar-refractivity contribution in [2.75, 3.05) is 13.1 Å². The third-order valence-electron chi connectivity index (χ3n) is 5.46. The second-order valence-corrected chi connectivity index (χ2v) is 8.37. The smallest absolute Gasteiger partial charge is 0.289 e. The van der Waals surface area contributed by atoms with Crippen LogP contribution in [0.2, 0.25) is 0 Å². The summed E-state index contributed by atoms with van der Waals surface area (Å²) in [5, 5.41) is 1.74. The van der Waals surface area contributed by atoms with Crippen LogP contribution in [0, 0.1) is 12.7 Å². The van der Waals surface area contributed by atoms with Gasteiger partial charge < -0.3 is 9.32 Å². The first-order valence-corrected chi connectivity index (χ1v) is 10.2. The zero-order valence-corrected chi connectivity index (χ0v) is 16.3. The lowest BCUT2D eigenvalue weighted by Gasteiger charge is -2.31. The maximum Gasteiger partial charge on any atom is 0.289 e. The predicted molar refractivity (Wildman–Crippen MR) is 108 cm³/mol. The molecule has 6 heteroatoms. The molecule has 142 valence electrons. The SMILES string of the molecule is Cc1c(C(=O)N2CCC[C@@H](c3nc4ccccc4s3)C2)oc2ccc(F)cc12. The number of fused-ring (bicyclic) bond motifs is 2. The zero-order valence-electron chi connectivity index (χ0n) is 15.4. The van der Waals surface area contributed by atoms with Crippen molar-refractivity contribution >= 4 is 38.4 Å². The van der Waals surface area contributed by atoms with E-state index >= 15 is 0 Å². The Labute approximate surface area is 165 Å². The number of hydrogen-bond acceptors (Lipinski definition) is 4. The number of piperidine rings is 1. The standard InChI is InChI=1S/C22H19FN2O2S/c1-13-16-11-15(23)8-9-18(16)27-20(13)22(26)25-10-4-5-14(12-25)21-24-17-6-2-3-7-19(17)28-21/h2-3,6-9,11,14H,4-5,10,12H2,1H3/t14-/m1/s1. The number of furan rings is 1. The van der Waals surface area contributed by atoms with Crippen molar-refractivity contribution in [2.24, 2.45) is 0 Å². The van der Waals surface area contributed by atoms with E-state index in [0.29, 0.717) is 35.4 Å². The van der Waals surface area contributed by atoms with Crippen molar-refractivity contribution in [2.45, 2.75) is 25.7 Å². The van der Waals surface area contributed by atoms with E-state index < -0.39 is 0 Å². The number of aromatic nitrogens is 1. The van der Waals surface area contributed by atoms with Crippen molar-refractivity contribution in [1.82, 2.24) is 9.88 Å². The van der Waals surface area contributed by atoms with E-state index in [4.69, 9.17) is 9.40 Å². The van der Waals surface area contributed by atoms with Crippen LogP contribution >= 0.6 is 11.3 Å². The number of nitrogens with zero attached hydrogens (tertiary/aromatic N) is 2. The van der Waals surface area contributed by atoms with Crippen molar-refractivity contribution in [3.63, 3.8) is 0 Å². The summed E-state index contributed by atoms with van der Waals surface area (Å²) in [6, 6.07) is 12.5. The molecule has 1 aliphatic rings. The van der Waals surface area contributed by atoms with Gasteiger partial charge in [-0.05, 0) is 50.1 Å². The Balaban J connectivity index is 1.43. The monoisotopic (exact) mass is 394 g/mol. The number of amides is 1. The van der Waals surface area contributed by atoms with Gasteiger partial charge in [-0.1, -0.05) is 12.1 Å². The molecule has 5 rings (SSSR count). The van der Waals surface area contributed by atoms with Gasteiger partial charge in [0, 0.05) is 30.0 Å². The van der Waals surface area contributed by atoms with Gasteiger partial charge in [0.25, 0.3) is 5.91 Å². The maximum absolute atomic E-state index is 13.6. The Morgan fingerprint density at radius 3 is 3.00 bits per heavy atom. The molecule has 1 amide bonds. The molecule has 1 fully saturated rings. The Morgan fingerprint density at radius 1 is 1.29 bits per heavy atom. The van der Waals surface area contributed by atoms with Gasteiger partial charge in [0.15, 0.2) is 5.76 Å². The largest absolute Gasteiger partial charge is 0.451 e. The number of para-hydroxylation sites is 1. The second-order valence-electron chi connectivity index (χ2n) is 7.31. The lowest BCUT2D eigenvalue weighted by Crippen LogP contribution is -2.39. The van der Waals surface area contributed by atoms with Gasteiger partial charge in [0.1, 0.15) is 11.4 Å². The average Bonchev–Trinajstić information content (AvgIpc) is 3.29. The number of halogens is 1. The van der Waals surface area contributed by atoms with E-state index in [1.165, 1.54) is 16.8 Å². The summed E-state index contributed by atoms with van der Waals surface area (Å²) in [6.07, 6.45) is 1.95. The van der Waals surface area contributed by atoms with E-state index in [-0.39, 0.29) is 17.6 Å². The van der Waals surface area contributed by atoms with E-state index in [1.807, 2.05) is 30.0 Å². The van der Waals surface area contributed by atoms with Gasteiger partial charge in [0.2, 0.25) is 0 Å². The molecule has 0 saturated carbocycles. The predicted octanol–water partition coefficient (Wildman–Crippen LogP) is 5.51. The minimum absolute atomic E-state index is 0.125. The number of hydrogen-bond donors (Lipinski definition) is 0. The van der Waals surface area contributed by atoms with Crippen LogP contribution in [-0.2, 0) is 0 Å². The molecule has 1 atom stereocenters. The topological polar surface area (TPSA) is 46.3 Å². The van der Waals surface area contributed by atoms with Crippen LogP contribution in [-0.4, -0.2) is 28.9 Å². The van der Waals surface area contributed by atoms with Crippen LogP contribution in [0.5, 0.6) is 0 Å². The van der Waals surface area contributed by atoms with Crippen LogP contribution < -0.4 is 0 Å². The molecule has 0 unspecified atom stereocenters. The van der Waals surface area contributed by atoms with Crippen molar-refractivity contribution in [1.29, 1.82) is 0 Å². The van der Waals surface area contributed by atoms with E-state index in [0.717, 1.165) is 23.4 Å². The van der Waals surface area contributed by atoms with Crippen LogP contribution in [0.4, 0.5) is 4.39 Å². The van der Waals surface area contributed by atoms with E-state index in [1.54, 1.807) is 17.4 Å². The Morgan fingerprint density at radius 2 is 2.14 bits per heavy atom. The molecule has 4 nitrogen and oxygen atoms in total. The summed E-state index contributed by atoms with van der Waals surface area (Å²) < 4.78 is 20.5. The number of thiazole rings is 1. The first-order chi connectivity index (χ1) is 13.6. The lowest BCUT2D eigenvalue weighted by atomic mass is 9.98. The highest BCUT2D eigenvalue weighted by atomic mass is 32.1. The highest BCUT2D eigenvalue weighted by molar-refractivity contribution is 7.18. The van der Waals surface area contributed by atoms with Gasteiger partial charge in [-0.15, -0.1) is 11.3 Å². The van der Waals surface area contributed by atoms with Crippen LogP contribution in [0.25, 0.3) is 21.2 Å². The normalized spacial score (nSPS) is 17.5. The molecule has 0 bridgehead atoms. The van der Waals surface area contributed by atoms with Crippen molar-refractivity contribution < 1.29 is 13.6 Å². The molecule has 3 heterocycles. The summed E-state index contributed by atoms with van der Waals surface area (Å²) in [6.45, 7) is 3.14. The molecular weight excluding hydrogens is 375 g/mol. The molecule has 4 aromatic rings. The van der Waals surface area contributed by atoms with E-state index in [2.05, 4.69) is 6.07 Å². The number of aryl methyl sites for hydroxylation is 1. The molecule has 28 heavy (non-hydrogen) atoms. The maximum atomic E-state index is 13.6. The summed E-state index contributed by atoms with van der Waals surface area (Å²) in [5.41, 5.74) is 2.25. The van der Waals surface area contributed by atoms with Gasteiger partial charge in [0.05, 0.1) is 15.2 Å². The minimum atomic E-state index is -0.329. The fraction of sp³-hybridized carbons (Fsp3) is 0.273. The highest BCUT2D eigenvalue weighted by Gasteiger charge is 2.30. The van der Waals surface area contributed by atoms with Crippen LogP contribution in [0.15, 0.2) is 46.9 Å². The summed E-state index contributed by atoms with van der Waals surface area (Å²) in [4.78, 5) is 19.8. The number of carbonyl (C=O) groups is 1. The molecule has 0 spiro atoms. The first kappa shape index (κ1) is 17.4. The molecule has 2 aromatic heterocycles. The number of carbonyl (C=O) groups excluding carboxylic acids is 1. The zero-order chi connectivity index (χ0) is 19.3. The van der Waals surface area contributed by atoms with Gasteiger partial charge in [-0.2, -0.15) is 0 Å². The third kappa shape index (κ3) is 2.88. The van der Waals surface area contributed by atoms with Gasteiger partial charge in [-0.25, -0.2) is 9.37 Å². The fourth-order valence-electron chi connectivity index (χ4n) is 3.97. The van der Waals surface area contributed by atoms with Crippen molar-refractivity contribution in [3.05, 3.63) is 64.6 Å². The minimum Gasteiger partial charge on any atom is -0.451 e. The first-order valence-electron chi connectivity index (χ1n) is 9.43. The van der Waals surface area contributed by atoms with Gasteiger partial charge in [-0.3, -0.25) is 4.79 Å². The molecule has 0 N–H and O–H groups in total. The quantitative estimate of drug-likeness (QED) is 0.450. The number of benzene rings is 2. The highest BCUT2D eigenvalue weighted by Crippen LogP contribution is 2.34. The van der Waals surface area contributed by atoms with Gasteiger partial charge >= 0.3 is 0 Å². The summed E-state index contributed by atoms with van der Waals surface area (Å²) in [5.74, 6) is 0.0898. The summed E-state index contributed by atoms with van der Waals surface area (Å²) in [7, 11) is 0. The molecule has 1 aliphatic heterocycles. The number of rotatable bonds is 2. The Kier molecular flexibility index (Phi) is 4.16. The fourth-order valence-corrected chi connectivity index (χ4v) is 5.06. The Hall–Kier alpha value is -2.73. The molecule has 2 aromatic carbocycles. The number of likely N-dealkylation sites (tertiary alicyclic amines) is 1.